The molecule has 2 heterocycles. The number of likely N-dealkylation sites (N-methyl/N-ethyl adjacent to an activating group) is 1. The maximum Gasteiger partial charge on any atom is 0.0894 e. The average Bonchev–Trinajstić information content (AvgIpc) is 2.46. The molecule has 0 radical (unpaired) electrons. The van der Waals surface area contributed by atoms with E-state index in [0.29, 0.717) is 0 Å². The Morgan fingerprint density at radius 3 is 3.16 bits per heavy atom. The molecule has 1 aromatic heterocycles. The molecule has 100 valence electrons. The lowest BCUT2D eigenvalue weighted by atomic mass is 9.96. The van der Waals surface area contributed by atoms with Crippen molar-refractivity contribution in [3.8, 4) is 0 Å². The lowest BCUT2D eigenvalue weighted by molar-refractivity contribution is -0.0324. The van der Waals surface area contributed by atoms with Gasteiger partial charge in [0.1, 0.15) is 0 Å². The molecule has 19 heavy (non-hydrogen) atoms. The topological polar surface area (TPSA) is 51.4 Å². The first-order chi connectivity index (χ1) is 9.25. The highest BCUT2D eigenvalue weighted by Crippen LogP contribution is 2.26. The smallest absolute Gasteiger partial charge is 0.0894 e. The highest BCUT2D eigenvalue weighted by atomic mass is 16.5. The molecule has 0 aliphatic carbocycles. The van der Waals surface area contributed by atoms with Gasteiger partial charge < -0.3 is 15.4 Å². The zero-order valence-electron chi connectivity index (χ0n) is 11.1. The largest absolute Gasteiger partial charge is 0.374 e. The second kappa shape index (κ2) is 5.25. The van der Waals surface area contributed by atoms with E-state index in [1.165, 1.54) is 5.39 Å². The van der Waals surface area contributed by atoms with Crippen molar-refractivity contribution in [3.05, 3.63) is 42.2 Å². The Balaban J connectivity index is 1.95. The molecule has 2 aromatic rings. The molecule has 1 fully saturated rings. The van der Waals surface area contributed by atoms with Crippen molar-refractivity contribution in [1.82, 2.24) is 9.88 Å². The highest BCUT2D eigenvalue weighted by molar-refractivity contribution is 5.85. The van der Waals surface area contributed by atoms with E-state index < -0.39 is 0 Å². The first kappa shape index (κ1) is 12.5. The Morgan fingerprint density at radius 2 is 2.32 bits per heavy atom. The monoisotopic (exact) mass is 257 g/mol. The van der Waals surface area contributed by atoms with Crippen LogP contribution in [-0.4, -0.2) is 42.7 Å². The molecule has 1 saturated heterocycles. The van der Waals surface area contributed by atoms with Crippen LogP contribution in [0.15, 0.2) is 36.7 Å². The lowest BCUT2D eigenvalue weighted by Crippen LogP contribution is -2.45. The second-order valence-electron chi connectivity index (χ2n) is 5.14. The highest BCUT2D eigenvalue weighted by Gasteiger charge is 2.26. The minimum atomic E-state index is -0.115. The van der Waals surface area contributed by atoms with E-state index in [4.69, 9.17) is 10.5 Å². The summed E-state index contributed by atoms with van der Waals surface area (Å²) in [6, 6.07) is 8.10. The van der Waals surface area contributed by atoms with Crippen molar-refractivity contribution in [2.24, 2.45) is 5.73 Å². The quantitative estimate of drug-likeness (QED) is 0.887. The summed E-state index contributed by atoms with van der Waals surface area (Å²) in [5.41, 5.74) is 7.54. The Hall–Kier alpha value is -1.49. The maximum atomic E-state index is 6.42. The van der Waals surface area contributed by atoms with E-state index in [9.17, 15) is 0 Å². The molecule has 1 aromatic carbocycles. The molecule has 1 aliphatic heterocycles. The molecule has 2 N–H and O–H groups in total. The van der Waals surface area contributed by atoms with Crippen LogP contribution in [-0.2, 0) is 4.74 Å². The number of fused-ring (bicyclic) bond motifs is 1. The van der Waals surface area contributed by atoms with Crippen LogP contribution in [0.25, 0.3) is 10.8 Å². The maximum absolute atomic E-state index is 6.42. The standard InChI is InChI=1S/C15H19N3O/c1-18-7-8-19-14(10-18)15(16)12-4-2-3-11-5-6-17-9-13(11)12/h2-6,9,14-15H,7-8,10,16H2,1H3. The van der Waals surface area contributed by atoms with E-state index >= 15 is 0 Å². The molecule has 4 nitrogen and oxygen atoms in total. The van der Waals surface area contributed by atoms with Gasteiger partial charge >= 0.3 is 0 Å². The van der Waals surface area contributed by atoms with Crippen LogP contribution in [0.3, 0.4) is 0 Å². The van der Waals surface area contributed by atoms with Crippen molar-refractivity contribution in [2.45, 2.75) is 12.1 Å². The first-order valence-corrected chi connectivity index (χ1v) is 6.64. The third kappa shape index (κ3) is 2.47. The number of benzene rings is 1. The van der Waals surface area contributed by atoms with Crippen LogP contribution in [0.5, 0.6) is 0 Å². The number of nitrogens with two attached hydrogens (primary N) is 1. The summed E-state index contributed by atoms with van der Waals surface area (Å²) in [5.74, 6) is 0. The van der Waals surface area contributed by atoms with Crippen molar-refractivity contribution in [2.75, 3.05) is 26.7 Å². The Labute approximate surface area is 113 Å². The van der Waals surface area contributed by atoms with Gasteiger partial charge in [-0.05, 0) is 24.1 Å². The van der Waals surface area contributed by atoms with Crippen molar-refractivity contribution < 1.29 is 4.74 Å². The van der Waals surface area contributed by atoms with Gasteiger partial charge in [-0.15, -0.1) is 0 Å². The third-order valence-electron chi connectivity index (χ3n) is 3.77. The molecule has 1 aliphatic rings. The zero-order valence-corrected chi connectivity index (χ0v) is 11.1. The fraction of sp³-hybridized carbons (Fsp3) is 0.400. The normalized spacial score (nSPS) is 22.5. The number of rotatable bonds is 2. The summed E-state index contributed by atoms with van der Waals surface area (Å²) in [4.78, 5) is 6.47. The van der Waals surface area contributed by atoms with Crippen LogP contribution in [0.2, 0.25) is 0 Å². The summed E-state index contributed by atoms with van der Waals surface area (Å²) < 4.78 is 5.83. The number of hydrogen-bond acceptors (Lipinski definition) is 4. The number of aromatic nitrogens is 1. The molecular weight excluding hydrogens is 238 g/mol. The fourth-order valence-electron chi connectivity index (χ4n) is 2.66. The number of hydrogen-bond donors (Lipinski definition) is 1. The summed E-state index contributed by atoms with van der Waals surface area (Å²) >= 11 is 0. The molecular formula is C15H19N3O. The van der Waals surface area contributed by atoms with E-state index in [1.807, 2.05) is 24.5 Å². The molecule has 0 spiro atoms. The Bertz CT molecular complexity index is 567. The van der Waals surface area contributed by atoms with Gasteiger partial charge in [0.05, 0.1) is 18.8 Å². The minimum Gasteiger partial charge on any atom is -0.374 e. The lowest BCUT2D eigenvalue weighted by Gasteiger charge is -2.34. The van der Waals surface area contributed by atoms with Crippen molar-refractivity contribution in [3.63, 3.8) is 0 Å². The molecule has 0 amide bonds. The van der Waals surface area contributed by atoms with Gasteiger partial charge in [-0.25, -0.2) is 0 Å². The van der Waals surface area contributed by atoms with Gasteiger partial charge in [-0.2, -0.15) is 0 Å². The van der Waals surface area contributed by atoms with Gasteiger partial charge in [0, 0.05) is 30.9 Å². The fourth-order valence-corrected chi connectivity index (χ4v) is 2.66. The van der Waals surface area contributed by atoms with E-state index in [2.05, 4.69) is 29.1 Å². The second-order valence-corrected chi connectivity index (χ2v) is 5.14. The van der Waals surface area contributed by atoms with Crippen LogP contribution in [0, 0.1) is 0 Å². The summed E-state index contributed by atoms with van der Waals surface area (Å²) in [7, 11) is 2.10. The predicted octanol–water partition coefficient (Wildman–Crippen LogP) is 1.57. The summed E-state index contributed by atoms with van der Waals surface area (Å²) in [6.07, 6.45) is 3.74. The van der Waals surface area contributed by atoms with E-state index in [1.54, 1.807) is 0 Å². The summed E-state index contributed by atoms with van der Waals surface area (Å²) in [6.45, 7) is 2.59. The van der Waals surface area contributed by atoms with Gasteiger partial charge in [-0.3, -0.25) is 4.98 Å². The van der Waals surface area contributed by atoms with E-state index in [-0.39, 0.29) is 12.1 Å². The third-order valence-corrected chi connectivity index (χ3v) is 3.77. The molecule has 3 rings (SSSR count). The molecule has 0 bridgehead atoms. The molecule has 2 unspecified atom stereocenters. The zero-order chi connectivity index (χ0) is 13.2. The van der Waals surface area contributed by atoms with Crippen molar-refractivity contribution in [1.29, 1.82) is 0 Å². The summed E-state index contributed by atoms with van der Waals surface area (Å²) in [5, 5.41) is 2.29. The van der Waals surface area contributed by atoms with Crippen LogP contribution in [0.1, 0.15) is 11.6 Å². The number of morpholine rings is 1. The van der Waals surface area contributed by atoms with Gasteiger partial charge in [0.15, 0.2) is 0 Å². The van der Waals surface area contributed by atoms with Gasteiger partial charge in [0.2, 0.25) is 0 Å². The van der Waals surface area contributed by atoms with Gasteiger partial charge in [0.25, 0.3) is 0 Å². The number of nitrogens with zero attached hydrogens (tertiary/aromatic N) is 2. The van der Waals surface area contributed by atoms with E-state index in [0.717, 1.165) is 30.6 Å². The first-order valence-electron chi connectivity index (χ1n) is 6.64. The SMILES string of the molecule is CN1CCOC(C(N)c2cccc3ccncc23)C1. The van der Waals surface area contributed by atoms with Crippen molar-refractivity contribution >= 4 is 10.8 Å². The molecule has 2 atom stereocenters. The Kier molecular flexibility index (Phi) is 3.46. The Morgan fingerprint density at radius 1 is 1.42 bits per heavy atom. The number of pyridine rings is 1. The molecule has 4 heteroatoms. The van der Waals surface area contributed by atoms with Gasteiger partial charge in [-0.1, -0.05) is 18.2 Å². The predicted molar refractivity (Wildman–Crippen MR) is 75.9 cm³/mol. The van der Waals surface area contributed by atoms with Crippen LogP contribution >= 0.6 is 0 Å². The minimum absolute atomic E-state index is 0.0459. The van der Waals surface area contributed by atoms with Crippen LogP contribution < -0.4 is 5.73 Å². The average molecular weight is 257 g/mol. The molecule has 0 saturated carbocycles. The number of ether oxygens (including phenoxy) is 1. The van der Waals surface area contributed by atoms with Crippen LogP contribution in [0.4, 0.5) is 0 Å².